The monoisotopic (exact) mass is 223 g/mol. The third-order valence-electron chi connectivity index (χ3n) is 2.17. The summed E-state index contributed by atoms with van der Waals surface area (Å²) >= 11 is 0. The van der Waals surface area contributed by atoms with Crippen LogP contribution >= 0.6 is 0 Å². The first-order valence-electron chi connectivity index (χ1n) is 4.98. The Morgan fingerprint density at radius 1 is 1.44 bits per heavy atom. The Bertz CT molecular complexity index is 385. The second-order valence-electron chi connectivity index (χ2n) is 3.30. The predicted octanol–water partition coefficient (Wildman–Crippen LogP) is 2.43. The van der Waals surface area contributed by atoms with Gasteiger partial charge in [-0.05, 0) is 36.3 Å². The molecule has 86 valence electrons. The van der Waals surface area contributed by atoms with E-state index >= 15 is 0 Å². The van der Waals surface area contributed by atoms with Crippen LogP contribution in [0.15, 0.2) is 36.2 Å². The van der Waals surface area contributed by atoms with Gasteiger partial charge < -0.3 is 10.5 Å². The molecule has 1 aromatic carbocycles. The molecule has 0 heterocycles. The van der Waals surface area contributed by atoms with E-state index in [0.29, 0.717) is 29.6 Å². The van der Waals surface area contributed by atoms with Crippen molar-refractivity contribution in [2.45, 2.75) is 13.3 Å². The largest absolute Gasteiger partial charge is 0.489 e. The lowest BCUT2D eigenvalue weighted by molar-refractivity contribution is 0.100. The van der Waals surface area contributed by atoms with Crippen molar-refractivity contribution in [3.8, 4) is 5.75 Å². The van der Waals surface area contributed by atoms with Gasteiger partial charge in [0.05, 0.1) is 6.33 Å². The van der Waals surface area contributed by atoms with E-state index in [9.17, 15) is 9.18 Å². The zero-order valence-electron chi connectivity index (χ0n) is 9.07. The zero-order chi connectivity index (χ0) is 12.0. The summed E-state index contributed by atoms with van der Waals surface area (Å²) in [5.41, 5.74) is 6.09. The van der Waals surface area contributed by atoms with Crippen molar-refractivity contribution in [1.29, 1.82) is 0 Å². The minimum Gasteiger partial charge on any atom is -0.489 e. The van der Waals surface area contributed by atoms with Crippen LogP contribution in [0.2, 0.25) is 0 Å². The fraction of sp³-hybridized carbons (Fsp3) is 0.250. The molecule has 3 nitrogen and oxygen atoms in total. The summed E-state index contributed by atoms with van der Waals surface area (Å²) in [5, 5.41) is 0. The average molecular weight is 223 g/mol. The molecule has 0 saturated heterocycles. The lowest BCUT2D eigenvalue weighted by atomic mass is 10.2. The van der Waals surface area contributed by atoms with Crippen LogP contribution in [0.3, 0.4) is 0 Å². The second kappa shape index (κ2) is 5.90. The molecule has 0 aromatic heterocycles. The van der Waals surface area contributed by atoms with Gasteiger partial charge in [0.25, 0.3) is 0 Å². The number of ether oxygens (including phenoxy) is 1. The molecule has 1 amide bonds. The summed E-state index contributed by atoms with van der Waals surface area (Å²) in [4.78, 5) is 10.8. The third-order valence-corrected chi connectivity index (χ3v) is 2.17. The Balaban J connectivity index is 2.59. The van der Waals surface area contributed by atoms with Crippen molar-refractivity contribution >= 4 is 5.91 Å². The predicted molar refractivity (Wildman–Crippen MR) is 59.9 cm³/mol. The SMILES string of the molecule is CC/C(=C/F)COc1ccc(C(N)=O)cc1. The summed E-state index contributed by atoms with van der Waals surface area (Å²) in [5.74, 6) is 0.0993. The molecule has 0 saturated carbocycles. The maximum absolute atomic E-state index is 12.2. The standard InChI is InChI=1S/C12H14FNO2/c1-2-9(7-13)8-16-11-5-3-10(4-6-11)12(14)15/h3-7H,2,8H2,1H3,(H2,14,15)/b9-7-. The van der Waals surface area contributed by atoms with Gasteiger partial charge in [0.15, 0.2) is 0 Å². The lowest BCUT2D eigenvalue weighted by Gasteiger charge is -2.07. The average Bonchev–Trinajstić information content (AvgIpc) is 2.31. The van der Waals surface area contributed by atoms with E-state index in [-0.39, 0.29) is 6.61 Å². The maximum Gasteiger partial charge on any atom is 0.248 e. The van der Waals surface area contributed by atoms with Crippen molar-refractivity contribution in [1.82, 2.24) is 0 Å². The van der Waals surface area contributed by atoms with Crippen LogP contribution < -0.4 is 10.5 Å². The number of hydrogen-bond acceptors (Lipinski definition) is 2. The van der Waals surface area contributed by atoms with Gasteiger partial charge in [-0.1, -0.05) is 6.92 Å². The van der Waals surface area contributed by atoms with E-state index in [1.54, 1.807) is 24.3 Å². The molecule has 0 atom stereocenters. The van der Waals surface area contributed by atoms with Crippen molar-refractivity contribution in [3.63, 3.8) is 0 Å². The van der Waals surface area contributed by atoms with E-state index in [1.165, 1.54) is 0 Å². The molecule has 0 spiro atoms. The Morgan fingerprint density at radius 2 is 2.06 bits per heavy atom. The van der Waals surface area contributed by atoms with Gasteiger partial charge in [0.1, 0.15) is 12.4 Å². The Labute approximate surface area is 93.7 Å². The molecule has 0 unspecified atom stereocenters. The summed E-state index contributed by atoms with van der Waals surface area (Å²) in [6.45, 7) is 2.06. The number of nitrogens with two attached hydrogens (primary N) is 1. The number of hydrogen-bond donors (Lipinski definition) is 1. The van der Waals surface area contributed by atoms with Crippen LogP contribution in [0, 0.1) is 0 Å². The molecular weight excluding hydrogens is 209 g/mol. The Morgan fingerprint density at radius 3 is 2.50 bits per heavy atom. The van der Waals surface area contributed by atoms with E-state index in [1.807, 2.05) is 6.92 Å². The van der Waals surface area contributed by atoms with Gasteiger partial charge in [-0.3, -0.25) is 4.79 Å². The third kappa shape index (κ3) is 3.38. The van der Waals surface area contributed by atoms with E-state index in [2.05, 4.69) is 0 Å². The molecule has 2 N–H and O–H groups in total. The molecule has 0 aliphatic rings. The summed E-state index contributed by atoms with van der Waals surface area (Å²) < 4.78 is 17.6. The van der Waals surface area contributed by atoms with E-state index < -0.39 is 5.91 Å². The van der Waals surface area contributed by atoms with Gasteiger partial charge in [0.2, 0.25) is 5.91 Å². The van der Waals surface area contributed by atoms with Crippen molar-refractivity contribution in [2.24, 2.45) is 5.73 Å². The van der Waals surface area contributed by atoms with Crippen molar-refractivity contribution in [2.75, 3.05) is 6.61 Å². The highest BCUT2D eigenvalue weighted by atomic mass is 19.1. The minimum atomic E-state index is -0.482. The van der Waals surface area contributed by atoms with Crippen molar-refractivity contribution in [3.05, 3.63) is 41.7 Å². The first kappa shape index (κ1) is 12.2. The fourth-order valence-corrected chi connectivity index (χ4v) is 1.10. The molecule has 0 aliphatic carbocycles. The number of halogens is 1. The molecule has 0 bridgehead atoms. The summed E-state index contributed by atoms with van der Waals surface area (Å²) in [6.07, 6.45) is 1.16. The summed E-state index contributed by atoms with van der Waals surface area (Å²) in [6, 6.07) is 6.40. The van der Waals surface area contributed by atoms with Crippen LogP contribution in [0.5, 0.6) is 5.75 Å². The highest BCUT2D eigenvalue weighted by molar-refractivity contribution is 5.92. The molecule has 16 heavy (non-hydrogen) atoms. The minimum absolute atomic E-state index is 0.211. The molecule has 1 aromatic rings. The van der Waals surface area contributed by atoms with Crippen LogP contribution in [0.4, 0.5) is 4.39 Å². The Kier molecular flexibility index (Phi) is 4.51. The second-order valence-corrected chi connectivity index (χ2v) is 3.30. The molecule has 4 heteroatoms. The van der Waals surface area contributed by atoms with Gasteiger partial charge in [-0.2, -0.15) is 0 Å². The molecule has 1 rings (SSSR count). The number of primary amides is 1. The maximum atomic E-state index is 12.2. The Hall–Kier alpha value is -1.84. The number of amides is 1. The zero-order valence-corrected chi connectivity index (χ0v) is 9.07. The van der Waals surface area contributed by atoms with Crippen molar-refractivity contribution < 1.29 is 13.9 Å². The molecule has 0 radical (unpaired) electrons. The highest BCUT2D eigenvalue weighted by Crippen LogP contribution is 2.13. The summed E-state index contributed by atoms with van der Waals surface area (Å²) in [7, 11) is 0. The lowest BCUT2D eigenvalue weighted by Crippen LogP contribution is -2.10. The molecule has 0 fully saturated rings. The van der Waals surface area contributed by atoms with Crippen LogP contribution in [0.25, 0.3) is 0 Å². The van der Waals surface area contributed by atoms with Crippen LogP contribution in [-0.2, 0) is 0 Å². The number of rotatable bonds is 5. The smallest absolute Gasteiger partial charge is 0.248 e. The number of carbonyl (C=O) groups excluding carboxylic acids is 1. The normalized spacial score (nSPS) is 11.2. The van der Waals surface area contributed by atoms with Crippen LogP contribution in [-0.4, -0.2) is 12.5 Å². The first-order chi connectivity index (χ1) is 7.67. The fourth-order valence-electron chi connectivity index (χ4n) is 1.10. The van der Waals surface area contributed by atoms with Gasteiger partial charge in [-0.15, -0.1) is 0 Å². The molecular formula is C12H14FNO2. The van der Waals surface area contributed by atoms with Gasteiger partial charge >= 0.3 is 0 Å². The van der Waals surface area contributed by atoms with E-state index in [4.69, 9.17) is 10.5 Å². The quantitative estimate of drug-likeness (QED) is 0.833. The van der Waals surface area contributed by atoms with E-state index in [0.717, 1.165) is 0 Å². The first-order valence-corrected chi connectivity index (χ1v) is 4.98. The number of benzene rings is 1. The highest BCUT2D eigenvalue weighted by Gasteiger charge is 2.01. The topological polar surface area (TPSA) is 52.3 Å². The number of carbonyl (C=O) groups is 1. The van der Waals surface area contributed by atoms with Gasteiger partial charge in [0, 0.05) is 5.56 Å². The molecule has 0 aliphatic heterocycles. The van der Waals surface area contributed by atoms with Crippen LogP contribution in [0.1, 0.15) is 23.7 Å². The van der Waals surface area contributed by atoms with Gasteiger partial charge in [-0.25, -0.2) is 4.39 Å².